The largest absolute Gasteiger partial charge is 0.419 e. The van der Waals surface area contributed by atoms with Crippen molar-refractivity contribution in [1.29, 1.82) is 0 Å². The van der Waals surface area contributed by atoms with Gasteiger partial charge in [0.25, 0.3) is 0 Å². The molecule has 8 heteroatoms. The Kier molecular flexibility index (Phi) is 5.22. The van der Waals surface area contributed by atoms with E-state index in [1.165, 1.54) is 0 Å². The molecule has 0 amide bonds. The monoisotopic (exact) mass is 384 g/mol. The summed E-state index contributed by atoms with van der Waals surface area (Å²) in [6.45, 7) is 0. The van der Waals surface area contributed by atoms with Crippen molar-refractivity contribution in [2.75, 3.05) is 4.72 Å². The van der Waals surface area contributed by atoms with Gasteiger partial charge in [-0.3, -0.25) is 0 Å². The SMILES string of the molecule is Fc1cc(C(F)(F)F)c(F)cc1NSc1c[nH]cc1Cc1ccccc1. The van der Waals surface area contributed by atoms with Crippen LogP contribution in [0.15, 0.2) is 59.8 Å². The normalized spacial score (nSPS) is 11.6. The smallest absolute Gasteiger partial charge is 0.366 e. The molecule has 0 saturated carbocycles. The lowest BCUT2D eigenvalue weighted by molar-refractivity contribution is -0.140. The number of benzene rings is 2. The zero-order valence-corrected chi connectivity index (χ0v) is 14.0. The van der Waals surface area contributed by atoms with Gasteiger partial charge in [0.1, 0.15) is 11.6 Å². The van der Waals surface area contributed by atoms with E-state index in [1.54, 1.807) is 12.4 Å². The van der Waals surface area contributed by atoms with Gasteiger partial charge in [-0.2, -0.15) is 13.2 Å². The molecule has 0 spiro atoms. The Morgan fingerprint density at radius 2 is 1.69 bits per heavy atom. The molecule has 0 radical (unpaired) electrons. The van der Waals surface area contributed by atoms with Gasteiger partial charge in [0.2, 0.25) is 0 Å². The molecule has 136 valence electrons. The van der Waals surface area contributed by atoms with Gasteiger partial charge in [-0.05, 0) is 29.1 Å². The Bertz CT molecular complexity index is 890. The molecule has 0 atom stereocenters. The number of rotatable bonds is 5. The van der Waals surface area contributed by atoms with Gasteiger partial charge in [0, 0.05) is 29.8 Å². The van der Waals surface area contributed by atoms with Crippen molar-refractivity contribution in [3.8, 4) is 0 Å². The van der Waals surface area contributed by atoms with Crippen LogP contribution < -0.4 is 4.72 Å². The predicted octanol–water partition coefficient (Wildman–Crippen LogP) is 6.02. The molecule has 2 nitrogen and oxygen atoms in total. The van der Waals surface area contributed by atoms with Gasteiger partial charge in [-0.1, -0.05) is 30.3 Å². The van der Waals surface area contributed by atoms with E-state index in [0.717, 1.165) is 28.0 Å². The number of halogens is 5. The van der Waals surface area contributed by atoms with Crippen molar-refractivity contribution >= 4 is 17.6 Å². The highest BCUT2D eigenvalue weighted by molar-refractivity contribution is 8.00. The van der Waals surface area contributed by atoms with E-state index < -0.39 is 23.4 Å². The van der Waals surface area contributed by atoms with E-state index in [-0.39, 0.29) is 11.8 Å². The quantitative estimate of drug-likeness (QED) is 0.416. The summed E-state index contributed by atoms with van der Waals surface area (Å²) in [5.74, 6) is -2.70. The third-order valence-corrected chi connectivity index (χ3v) is 4.58. The molecule has 1 heterocycles. The van der Waals surface area contributed by atoms with E-state index in [9.17, 15) is 22.0 Å². The Balaban J connectivity index is 1.74. The highest BCUT2D eigenvalue weighted by Crippen LogP contribution is 2.35. The summed E-state index contributed by atoms with van der Waals surface area (Å²) in [6.07, 6.45) is -0.868. The number of hydrogen-bond donors (Lipinski definition) is 2. The highest BCUT2D eigenvalue weighted by atomic mass is 32.2. The van der Waals surface area contributed by atoms with Crippen LogP contribution in [0.3, 0.4) is 0 Å². The molecule has 1 aromatic heterocycles. The average molecular weight is 384 g/mol. The van der Waals surface area contributed by atoms with E-state index >= 15 is 0 Å². The lowest BCUT2D eigenvalue weighted by atomic mass is 10.1. The van der Waals surface area contributed by atoms with E-state index in [0.29, 0.717) is 12.5 Å². The zero-order chi connectivity index (χ0) is 18.7. The maximum Gasteiger partial charge on any atom is 0.419 e. The Morgan fingerprint density at radius 1 is 0.962 bits per heavy atom. The van der Waals surface area contributed by atoms with Gasteiger partial charge < -0.3 is 9.71 Å². The maximum absolute atomic E-state index is 13.9. The minimum Gasteiger partial charge on any atom is -0.366 e. The molecule has 2 N–H and O–H groups in total. The fraction of sp³-hybridized carbons (Fsp3) is 0.111. The summed E-state index contributed by atoms with van der Waals surface area (Å²) >= 11 is 0.993. The van der Waals surface area contributed by atoms with E-state index in [2.05, 4.69) is 9.71 Å². The number of nitrogens with one attached hydrogen (secondary N) is 2. The third-order valence-electron chi connectivity index (χ3n) is 3.66. The molecular formula is C18H13F5N2S. The van der Waals surface area contributed by atoms with Gasteiger partial charge >= 0.3 is 6.18 Å². The van der Waals surface area contributed by atoms with Crippen molar-refractivity contribution < 1.29 is 22.0 Å². The first kappa shape index (κ1) is 18.3. The Labute approximate surface area is 150 Å². The summed E-state index contributed by atoms with van der Waals surface area (Å²) in [7, 11) is 0. The standard InChI is InChI=1S/C18H13F5N2S/c19-14-8-16(15(20)7-13(14)18(21,22)23)25-26-17-10-24-9-12(17)6-11-4-2-1-3-5-11/h1-5,7-10,24-25H,6H2. The first-order valence-electron chi connectivity index (χ1n) is 7.53. The van der Waals surface area contributed by atoms with Crippen molar-refractivity contribution in [1.82, 2.24) is 4.98 Å². The van der Waals surface area contributed by atoms with Crippen LogP contribution >= 0.6 is 11.9 Å². The first-order valence-corrected chi connectivity index (χ1v) is 8.35. The molecule has 3 aromatic rings. The van der Waals surface area contributed by atoms with Gasteiger partial charge in [0.05, 0.1) is 11.3 Å². The summed E-state index contributed by atoms with van der Waals surface area (Å²) in [6, 6.07) is 10.3. The lowest BCUT2D eigenvalue weighted by Gasteiger charge is -2.12. The van der Waals surface area contributed by atoms with Crippen LogP contribution in [0, 0.1) is 11.6 Å². The Hall–Kier alpha value is -2.48. The molecule has 0 aliphatic carbocycles. The molecular weight excluding hydrogens is 371 g/mol. The maximum atomic E-state index is 13.9. The summed E-state index contributed by atoms with van der Waals surface area (Å²) < 4.78 is 67.9. The highest BCUT2D eigenvalue weighted by Gasteiger charge is 2.35. The van der Waals surface area contributed by atoms with Crippen LogP contribution in [0.4, 0.5) is 27.6 Å². The molecule has 0 saturated heterocycles. The number of aromatic nitrogens is 1. The zero-order valence-electron chi connectivity index (χ0n) is 13.2. The summed E-state index contributed by atoms with van der Waals surface area (Å²) in [4.78, 5) is 3.66. The summed E-state index contributed by atoms with van der Waals surface area (Å²) in [5.41, 5.74) is 0.00604. The number of aromatic amines is 1. The Morgan fingerprint density at radius 3 is 2.38 bits per heavy atom. The van der Waals surface area contributed by atoms with Gasteiger partial charge in [-0.25, -0.2) is 8.78 Å². The van der Waals surface area contributed by atoms with Crippen LogP contribution in [0.5, 0.6) is 0 Å². The van der Waals surface area contributed by atoms with Crippen molar-refractivity contribution in [3.63, 3.8) is 0 Å². The minimum absolute atomic E-state index is 0.153. The predicted molar refractivity (Wildman–Crippen MR) is 90.9 cm³/mol. The minimum atomic E-state index is -4.94. The van der Waals surface area contributed by atoms with Crippen LogP contribution in [-0.2, 0) is 12.6 Å². The first-order chi connectivity index (χ1) is 12.3. The molecule has 0 unspecified atom stereocenters. The van der Waals surface area contributed by atoms with E-state index in [4.69, 9.17) is 0 Å². The fourth-order valence-corrected chi connectivity index (χ4v) is 3.15. The molecule has 3 rings (SSSR count). The van der Waals surface area contributed by atoms with Crippen molar-refractivity contribution in [2.45, 2.75) is 17.5 Å². The number of anilines is 1. The van der Waals surface area contributed by atoms with Crippen molar-refractivity contribution in [2.24, 2.45) is 0 Å². The molecule has 0 aliphatic rings. The van der Waals surface area contributed by atoms with Crippen molar-refractivity contribution in [3.05, 3.63) is 83.2 Å². The average Bonchev–Trinajstić information content (AvgIpc) is 3.02. The second kappa shape index (κ2) is 7.41. The van der Waals surface area contributed by atoms with E-state index in [1.807, 2.05) is 30.3 Å². The van der Waals surface area contributed by atoms with Crippen LogP contribution in [0.2, 0.25) is 0 Å². The van der Waals surface area contributed by atoms with Gasteiger partial charge in [-0.15, -0.1) is 0 Å². The topological polar surface area (TPSA) is 27.8 Å². The molecule has 2 aromatic carbocycles. The van der Waals surface area contributed by atoms with Crippen LogP contribution in [-0.4, -0.2) is 4.98 Å². The van der Waals surface area contributed by atoms with Gasteiger partial charge in [0.15, 0.2) is 0 Å². The second-order valence-corrected chi connectivity index (χ2v) is 6.37. The summed E-state index contributed by atoms with van der Waals surface area (Å²) in [5, 5.41) is 0. The number of hydrogen-bond acceptors (Lipinski definition) is 2. The lowest BCUT2D eigenvalue weighted by Crippen LogP contribution is -2.09. The fourth-order valence-electron chi connectivity index (χ4n) is 2.38. The van der Waals surface area contributed by atoms with Crippen LogP contribution in [0.1, 0.15) is 16.7 Å². The third kappa shape index (κ3) is 4.19. The molecule has 26 heavy (non-hydrogen) atoms. The number of alkyl halides is 3. The molecule has 0 fully saturated rings. The molecule has 0 bridgehead atoms. The molecule has 0 aliphatic heterocycles. The number of H-pyrrole nitrogens is 1. The van der Waals surface area contributed by atoms with Crippen LogP contribution in [0.25, 0.3) is 0 Å². The second-order valence-electron chi connectivity index (χ2n) is 5.52.